The second kappa shape index (κ2) is 6.13. The molecule has 1 fully saturated rings. The Bertz CT molecular complexity index is 886. The second-order valence-corrected chi connectivity index (χ2v) is 6.38. The number of hydrogen-bond acceptors (Lipinski definition) is 3. The van der Waals surface area contributed by atoms with Crippen molar-refractivity contribution in [3.8, 4) is 11.3 Å². The van der Waals surface area contributed by atoms with Crippen LogP contribution in [0.2, 0.25) is 5.02 Å². The van der Waals surface area contributed by atoms with Crippen molar-refractivity contribution in [3.63, 3.8) is 0 Å². The van der Waals surface area contributed by atoms with Crippen LogP contribution in [0.15, 0.2) is 59.5 Å². The Morgan fingerprint density at radius 1 is 1.21 bits per heavy atom. The third-order valence-corrected chi connectivity index (χ3v) is 4.30. The van der Waals surface area contributed by atoms with Crippen molar-refractivity contribution in [1.82, 2.24) is 4.98 Å². The summed E-state index contributed by atoms with van der Waals surface area (Å²) < 4.78 is 5.39. The molecule has 1 aromatic heterocycles. The molecule has 0 saturated heterocycles. The molecule has 0 atom stereocenters. The molecule has 0 radical (unpaired) electrons. The maximum Gasteiger partial charge on any atom is 0.255 e. The Kier molecular flexibility index (Phi) is 3.82. The summed E-state index contributed by atoms with van der Waals surface area (Å²) in [5.74, 6) is 1.07. The zero-order valence-corrected chi connectivity index (χ0v) is 13.6. The molecule has 1 heterocycles. The zero-order valence-electron chi connectivity index (χ0n) is 12.8. The van der Waals surface area contributed by atoms with Gasteiger partial charge in [-0.15, -0.1) is 0 Å². The monoisotopic (exact) mass is 338 g/mol. The van der Waals surface area contributed by atoms with Gasteiger partial charge in [0.15, 0.2) is 12.2 Å². The van der Waals surface area contributed by atoms with Crippen molar-refractivity contribution in [1.29, 1.82) is 0 Å². The number of nitrogens with one attached hydrogen (secondary N) is 1. The van der Waals surface area contributed by atoms with Gasteiger partial charge in [-0.05, 0) is 60.7 Å². The van der Waals surface area contributed by atoms with Crippen LogP contribution in [0.4, 0.5) is 5.69 Å². The first-order chi connectivity index (χ1) is 11.7. The molecule has 4 rings (SSSR count). The molecule has 0 spiro atoms. The summed E-state index contributed by atoms with van der Waals surface area (Å²) in [6, 6.07) is 12.9. The van der Waals surface area contributed by atoms with Crippen molar-refractivity contribution >= 4 is 23.2 Å². The number of halogens is 1. The lowest BCUT2D eigenvalue weighted by Crippen LogP contribution is -2.12. The molecule has 2 aromatic carbocycles. The molecule has 0 aliphatic heterocycles. The Balaban J connectivity index is 1.66. The van der Waals surface area contributed by atoms with Crippen LogP contribution in [0.25, 0.3) is 11.3 Å². The molecule has 120 valence electrons. The van der Waals surface area contributed by atoms with E-state index in [0.717, 1.165) is 11.3 Å². The SMILES string of the molecule is O=C(Nc1cc(-c2cnco2)cc(C2CC2)c1)c1cccc(Cl)c1. The van der Waals surface area contributed by atoms with E-state index in [1.54, 1.807) is 30.5 Å². The van der Waals surface area contributed by atoms with Crippen LogP contribution in [0.5, 0.6) is 0 Å². The third-order valence-electron chi connectivity index (χ3n) is 4.07. The summed E-state index contributed by atoms with van der Waals surface area (Å²) >= 11 is 5.96. The van der Waals surface area contributed by atoms with Gasteiger partial charge in [-0.3, -0.25) is 4.79 Å². The first-order valence-corrected chi connectivity index (χ1v) is 8.17. The zero-order chi connectivity index (χ0) is 16.5. The molecule has 24 heavy (non-hydrogen) atoms. The molecule has 1 N–H and O–H groups in total. The van der Waals surface area contributed by atoms with Crippen LogP contribution in [0, 0.1) is 0 Å². The third kappa shape index (κ3) is 3.19. The van der Waals surface area contributed by atoms with Crippen LogP contribution < -0.4 is 5.32 Å². The molecule has 4 nitrogen and oxygen atoms in total. The number of carbonyl (C=O) groups is 1. The molecule has 3 aromatic rings. The summed E-state index contributed by atoms with van der Waals surface area (Å²) in [6.07, 6.45) is 5.45. The lowest BCUT2D eigenvalue weighted by molar-refractivity contribution is 0.102. The molecule has 5 heteroatoms. The van der Waals surface area contributed by atoms with E-state index < -0.39 is 0 Å². The van der Waals surface area contributed by atoms with Crippen LogP contribution in [-0.2, 0) is 0 Å². The average molecular weight is 339 g/mol. The minimum absolute atomic E-state index is 0.186. The Morgan fingerprint density at radius 2 is 2.08 bits per heavy atom. The van der Waals surface area contributed by atoms with E-state index in [-0.39, 0.29) is 5.91 Å². The number of oxazole rings is 1. The summed E-state index contributed by atoms with van der Waals surface area (Å²) in [5.41, 5.74) is 3.40. The van der Waals surface area contributed by atoms with Gasteiger partial charge >= 0.3 is 0 Å². The normalized spacial score (nSPS) is 13.7. The molecular weight excluding hydrogens is 324 g/mol. The molecule has 1 aliphatic carbocycles. The van der Waals surface area contributed by atoms with Crippen molar-refractivity contribution in [2.24, 2.45) is 0 Å². The highest BCUT2D eigenvalue weighted by atomic mass is 35.5. The number of rotatable bonds is 4. The smallest absolute Gasteiger partial charge is 0.255 e. The number of aromatic nitrogens is 1. The number of anilines is 1. The molecule has 0 bridgehead atoms. The van der Waals surface area contributed by atoms with Crippen LogP contribution in [0.3, 0.4) is 0 Å². The summed E-state index contributed by atoms with van der Waals surface area (Å²) in [7, 11) is 0. The fourth-order valence-corrected chi connectivity index (χ4v) is 2.90. The quantitative estimate of drug-likeness (QED) is 0.717. The Morgan fingerprint density at radius 3 is 2.79 bits per heavy atom. The van der Waals surface area contributed by atoms with Crippen molar-refractivity contribution < 1.29 is 9.21 Å². The van der Waals surface area contributed by atoms with Crippen LogP contribution >= 0.6 is 11.6 Å². The Labute approximate surface area is 144 Å². The number of benzene rings is 2. The van der Waals surface area contributed by atoms with Gasteiger partial charge in [0.1, 0.15) is 0 Å². The first-order valence-electron chi connectivity index (χ1n) is 7.80. The lowest BCUT2D eigenvalue weighted by atomic mass is 10.0. The number of amides is 1. The second-order valence-electron chi connectivity index (χ2n) is 5.95. The van der Waals surface area contributed by atoms with Gasteiger partial charge in [0.2, 0.25) is 0 Å². The summed E-state index contributed by atoms with van der Waals surface area (Å²) in [5, 5.41) is 3.49. The van der Waals surface area contributed by atoms with E-state index in [0.29, 0.717) is 22.3 Å². The van der Waals surface area contributed by atoms with Crippen LogP contribution in [-0.4, -0.2) is 10.9 Å². The predicted octanol–water partition coefficient (Wildman–Crippen LogP) is 5.12. The standard InChI is InChI=1S/C19H15ClN2O2/c20-16-3-1-2-13(7-16)19(23)22-17-8-14(12-4-5-12)6-15(9-17)18-10-21-11-24-18/h1-3,6-12H,4-5H2,(H,22,23). The van der Waals surface area contributed by atoms with Crippen LogP contribution in [0.1, 0.15) is 34.7 Å². The average Bonchev–Trinajstić information content (AvgIpc) is 3.29. The van der Waals surface area contributed by atoms with E-state index in [2.05, 4.69) is 16.4 Å². The minimum atomic E-state index is -0.186. The van der Waals surface area contributed by atoms with Gasteiger partial charge in [0.05, 0.1) is 6.20 Å². The summed E-state index contributed by atoms with van der Waals surface area (Å²) in [4.78, 5) is 16.4. The van der Waals surface area contributed by atoms with Gasteiger partial charge < -0.3 is 9.73 Å². The molecule has 1 amide bonds. The van der Waals surface area contributed by atoms with Crippen molar-refractivity contribution in [2.45, 2.75) is 18.8 Å². The fraction of sp³-hybridized carbons (Fsp3) is 0.158. The maximum absolute atomic E-state index is 12.5. The van der Waals surface area contributed by atoms with E-state index in [1.807, 2.05) is 12.1 Å². The molecule has 1 saturated carbocycles. The largest absolute Gasteiger partial charge is 0.444 e. The molecule has 0 unspecified atom stereocenters. The fourth-order valence-electron chi connectivity index (χ4n) is 2.71. The van der Waals surface area contributed by atoms with Gasteiger partial charge in [-0.25, -0.2) is 4.98 Å². The maximum atomic E-state index is 12.5. The van der Waals surface area contributed by atoms with E-state index in [1.165, 1.54) is 24.8 Å². The minimum Gasteiger partial charge on any atom is -0.444 e. The van der Waals surface area contributed by atoms with Crippen molar-refractivity contribution in [3.05, 3.63) is 71.2 Å². The molecule has 1 aliphatic rings. The topological polar surface area (TPSA) is 55.1 Å². The number of nitrogens with zero attached hydrogens (tertiary/aromatic N) is 1. The lowest BCUT2D eigenvalue weighted by Gasteiger charge is -2.10. The van der Waals surface area contributed by atoms with E-state index >= 15 is 0 Å². The number of hydrogen-bond donors (Lipinski definition) is 1. The summed E-state index contributed by atoms with van der Waals surface area (Å²) in [6.45, 7) is 0. The van der Waals surface area contributed by atoms with E-state index in [9.17, 15) is 4.79 Å². The highest BCUT2D eigenvalue weighted by Gasteiger charge is 2.25. The highest BCUT2D eigenvalue weighted by molar-refractivity contribution is 6.31. The number of carbonyl (C=O) groups excluding carboxylic acids is 1. The first kappa shape index (κ1) is 15.0. The van der Waals surface area contributed by atoms with E-state index in [4.69, 9.17) is 16.0 Å². The molecular formula is C19H15ClN2O2. The van der Waals surface area contributed by atoms with Gasteiger partial charge in [-0.2, -0.15) is 0 Å². The Hall–Kier alpha value is -2.59. The van der Waals surface area contributed by atoms with Gasteiger partial charge in [-0.1, -0.05) is 17.7 Å². The predicted molar refractivity (Wildman–Crippen MR) is 93.3 cm³/mol. The van der Waals surface area contributed by atoms with Gasteiger partial charge in [0.25, 0.3) is 5.91 Å². The highest BCUT2D eigenvalue weighted by Crippen LogP contribution is 2.42. The van der Waals surface area contributed by atoms with Gasteiger partial charge in [0, 0.05) is 21.8 Å². The van der Waals surface area contributed by atoms with Crippen molar-refractivity contribution in [2.75, 3.05) is 5.32 Å².